The largest absolute Gasteiger partial charge is 0.383 e. The second kappa shape index (κ2) is 7.69. The molecule has 2 heterocycles. The quantitative estimate of drug-likeness (QED) is 0.576. The molecule has 120 valence electrons. The van der Waals surface area contributed by atoms with Gasteiger partial charge < -0.3 is 19.9 Å². The van der Waals surface area contributed by atoms with Crippen LogP contribution < -0.4 is 5.32 Å². The summed E-state index contributed by atoms with van der Waals surface area (Å²) in [7, 11) is 1.63. The lowest BCUT2D eigenvalue weighted by molar-refractivity contribution is -0.119. The Hall–Kier alpha value is -2.22. The van der Waals surface area contributed by atoms with E-state index in [1.807, 2.05) is 0 Å². The Kier molecular flexibility index (Phi) is 5.65. The summed E-state index contributed by atoms with van der Waals surface area (Å²) in [6.07, 6.45) is 0.814. The number of piperazine rings is 1. The number of rotatable bonds is 6. The van der Waals surface area contributed by atoms with Crippen molar-refractivity contribution in [3.8, 4) is 0 Å². The summed E-state index contributed by atoms with van der Waals surface area (Å²) < 4.78 is 4.97. The topological polar surface area (TPSA) is 87.7 Å². The Morgan fingerprint density at radius 1 is 1.36 bits per heavy atom. The number of carbonyl (C=O) groups excluding carboxylic acids is 2. The first-order valence-corrected chi connectivity index (χ1v) is 7.21. The van der Waals surface area contributed by atoms with Crippen LogP contribution >= 0.6 is 0 Å². The monoisotopic (exact) mass is 307 g/mol. The fourth-order valence-corrected chi connectivity index (χ4v) is 2.24. The van der Waals surface area contributed by atoms with Crippen molar-refractivity contribution >= 4 is 18.1 Å². The van der Waals surface area contributed by atoms with E-state index in [0.717, 1.165) is 6.41 Å². The van der Waals surface area contributed by atoms with Crippen molar-refractivity contribution in [2.75, 3.05) is 51.8 Å². The van der Waals surface area contributed by atoms with Gasteiger partial charge in [-0.25, -0.2) is 9.97 Å². The molecule has 1 aliphatic heterocycles. The van der Waals surface area contributed by atoms with E-state index >= 15 is 0 Å². The Balaban J connectivity index is 2.04. The third-order valence-electron chi connectivity index (χ3n) is 3.42. The number of nitrogens with one attached hydrogen (secondary N) is 1. The number of ether oxygens (including phenoxy) is 1. The number of nitrogens with zero attached hydrogens (tertiary/aromatic N) is 4. The number of aromatic nitrogens is 2. The molecule has 1 aliphatic rings. The molecule has 0 atom stereocenters. The number of methoxy groups -OCH3 is 1. The van der Waals surface area contributed by atoms with Gasteiger partial charge in [-0.2, -0.15) is 0 Å². The first kappa shape index (κ1) is 16.2. The average molecular weight is 307 g/mol. The Bertz CT molecular complexity index is 529. The first-order chi connectivity index (χ1) is 10.6. The zero-order valence-corrected chi connectivity index (χ0v) is 12.9. The van der Waals surface area contributed by atoms with Crippen molar-refractivity contribution < 1.29 is 14.3 Å². The van der Waals surface area contributed by atoms with Crippen LogP contribution in [0.3, 0.4) is 0 Å². The van der Waals surface area contributed by atoms with Crippen LogP contribution in [0, 0.1) is 6.92 Å². The lowest BCUT2D eigenvalue weighted by Gasteiger charge is -2.32. The lowest BCUT2D eigenvalue weighted by Crippen LogP contribution is -2.48. The predicted molar refractivity (Wildman–Crippen MR) is 80.7 cm³/mol. The lowest BCUT2D eigenvalue weighted by atomic mass is 10.2. The van der Waals surface area contributed by atoms with Crippen molar-refractivity contribution in [3.63, 3.8) is 0 Å². The predicted octanol–water partition coefficient (Wildman–Crippen LogP) is -0.242. The Morgan fingerprint density at radius 3 is 2.73 bits per heavy atom. The fraction of sp³-hybridized carbons (Fsp3) is 0.571. The van der Waals surface area contributed by atoms with Gasteiger partial charge in [-0.15, -0.1) is 0 Å². The molecule has 0 spiro atoms. The van der Waals surface area contributed by atoms with Crippen LogP contribution in [-0.2, 0) is 9.53 Å². The van der Waals surface area contributed by atoms with Crippen molar-refractivity contribution in [3.05, 3.63) is 17.6 Å². The Labute approximate surface area is 129 Å². The third kappa shape index (κ3) is 4.14. The number of amides is 2. The number of carbonyl (C=O) groups is 2. The van der Waals surface area contributed by atoms with Gasteiger partial charge in [-0.05, 0) is 6.92 Å². The van der Waals surface area contributed by atoms with Gasteiger partial charge in [0.1, 0.15) is 17.3 Å². The molecule has 1 fully saturated rings. The zero-order valence-electron chi connectivity index (χ0n) is 12.9. The van der Waals surface area contributed by atoms with Crippen LogP contribution in [0.15, 0.2) is 6.07 Å². The molecule has 0 aliphatic carbocycles. The summed E-state index contributed by atoms with van der Waals surface area (Å²) >= 11 is 0. The van der Waals surface area contributed by atoms with E-state index in [0.29, 0.717) is 56.7 Å². The molecular weight excluding hydrogens is 286 g/mol. The van der Waals surface area contributed by atoms with Crippen molar-refractivity contribution in [1.29, 1.82) is 0 Å². The SMILES string of the molecule is COCCNc1cc(C(=O)N2CCN(C=O)CC2)nc(C)n1. The van der Waals surface area contributed by atoms with Crippen molar-refractivity contribution in [1.82, 2.24) is 19.8 Å². The van der Waals surface area contributed by atoms with Gasteiger partial charge in [0.25, 0.3) is 5.91 Å². The second-order valence-corrected chi connectivity index (χ2v) is 5.04. The Morgan fingerprint density at radius 2 is 2.09 bits per heavy atom. The molecule has 2 amide bonds. The smallest absolute Gasteiger partial charge is 0.272 e. The van der Waals surface area contributed by atoms with Gasteiger partial charge in [0, 0.05) is 45.9 Å². The molecule has 1 N–H and O–H groups in total. The maximum atomic E-state index is 12.5. The summed E-state index contributed by atoms with van der Waals surface area (Å²) in [5.41, 5.74) is 0.368. The summed E-state index contributed by atoms with van der Waals surface area (Å²) in [5.74, 6) is 1.02. The molecule has 1 aromatic heterocycles. The highest BCUT2D eigenvalue weighted by Gasteiger charge is 2.22. The van der Waals surface area contributed by atoms with E-state index in [4.69, 9.17) is 4.74 Å². The molecule has 22 heavy (non-hydrogen) atoms. The highest BCUT2D eigenvalue weighted by molar-refractivity contribution is 5.93. The summed E-state index contributed by atoms with van der Waals surface area (Å²) in [6.45, 7) is 5.07. The molecule has 1 aromatic rings. The minimum Gasteiger partial charge on any atom is -0.383 e. The molecule has 0 bridgehead atoms. The van der Waals surface area contributed by atoms with Crippen molar-refractivity contribution in [2.24, 2.45) is 0 Å². The van der Waals surface area contributed by atoms with Gasteiger partial charge >= 0.3 is 0 Å². The van der Waals surface area contributed by atoms with Crippen LogP contribution in [-0.4, -0.2) is 78.5 Å². The van der Waals surface area contributed by atoms with Gasteiger partial charge in [-0.3, -0.25) is 9.59 Å². The van der Waals surface area contributed by atoms with E-state index in [2.05, 4.69) is 15.3 Å². The van der Waals surface area contributed by atoms with Gasteiger partial charge in [0.05, 0.1) is 6.61 Å². The molecule has 0 radical (unpaired) electrons. The number of hydrogen-bond acceptors (Lipinski definition) is 6. The molecular formula is C14H21N5O3. The number of hydrogen-bond donors (Lipinski definition) is 1. The fourth-order valence-electron chi connectivity index (χ4n) is 2.24. The normalized spacial score (nSPS) is 14.8. The first-order valence-electron chi connectivity index (χ1n) is 7.21. The van der Waals surface area contributed by atoms with E-state index in [1.54, 1.807) is 29.9 Å². The minimum absolute atomic E-state index is 0.133. The van der Waals surface area contributed by atoms with Gasteiger partial charge in [0.15, 0.2) is 0 Å². The van der Waals surface area contributed by atoms with Crippen LogP contribution in [0.5, 0.6) is 0 Å². The van der Waals surface area contributed by atoms with Gasteiger partial charge in [-0.1, -0.05) is 0 Å². The molecule has 2 rings (SSSR count). The molecule has 0 saturated carbocycles. The molecule has 0 unspecified atom stereocenters. The zero-order chi connectivity index (χ0) is 15.9. The van der Waals surface area contributed by atoms with Crippen LogP contribution in [0.4, 0.5) is 5.82 Å². The summed E-state index contributed by atoms with van der Waals surface area (Å²) in [5, 5.41) is 3.10. The summed E-state index contributed by atoms with van der Waals surface area (Å²) in [6, 6.07) is 1.65. The van der Waals surface area contributed by atoms with E-state index in [-0.39, 0.29) is 5.91 Å². The number of aryl methyl sites for hydroxylation is 1. The van der Waals surface area contributed by atoms with E-state index < -0.39 is 0 Å². The average Bonchev–Trinajstić information content (AvgIpc) is 2.54. The van der Waals surface area contributed by atoms with Gasteiger partial charge in [0.2, 0.25) is 6.41 Å². The third-order valence-corrected chi connectivity index (χ3v) is 3.42. The summed E-state index contributed by atoms with van der Waals surface area (Å²) in [4.78, 5) is 35.1. The van der Waals surface area contributed by atoms with Crippen LogP contribution in [0.2, 0.25) is 0 Å². The molecule has 1 saturated heterocycles. The maximum absolute atomic E-state index is 12.5. The standard InChI is InChI=1S/C14H21N5O3/c1-11-16-12(9-13(17-11)15-3-8-22-2)14(21)19-6-4-18(10-20)5-7-19/h9-10H,3-8H2,1-2H3,(H,15,16,17). The molecule has 8 nitrogen and oxygen atoms in total. The van der Waals surface area contributed by atoms with E-state index in [9.17, 15) is 9.59 Å². The van der Waals surface area contributed by atoms with E-state index in [1.165, 1.54) is 0 Å². The van der Waals surface area contributed by atoms with Crippen molar-refractivity contribution in [2.45, 2.75) is 6.92 Å². The molecule has 8 heteroatoms. The van der Waals surface area contributed by atoms with Crippen LogP contribution in [0.25, 0.3) is 0 Å². The number of anilines is 1. The van der Waals surface area contributed by atoms with Crippen LogP contribution in [0.1, 0.15) is 16.3 Å². The highest BCUT2D eigenvalue weighted by Crippen LogP contribution is 2.11. The maximum Gasteiger partial charge on any atom is 0.272 e. The molecule has 0 aromatic carbocycles. The minimum atomic E-state index is -0.133. The highest BCUT2D eigenvalue weighted by atomic mass is 16.5. The second-order valence-electron chi connectivity index (χ2n) is 5.04.